The zero-order valence-electron chi connectivity index (χ0n) is 14.1. The third-order valence-corrected chi connectivity index (χ3v) is 4.83. The van der Waals surface area contributed by atoms with Crippen LogP contribution in [0, 0.1) is 0 Å². The average Bonchev–Trinajstić information content (AvgIpc) is 2.98. The molecule has 0 aliphatic heterocycles. The van der Waals surface area contributed by atoms with Crippen LogP contribution in [-0.4, -0.2) is 12.1 Å². The number of unbranched alkanes of at least 4 members (excludes halogenated alkanes) is 7. The van der Waals surface area contributed by atoms with Crippen LogP contribution < -0.4 is 5.43 Å². The highest BCUT2D eigenvalue weighted by atomic mass is 32.1. The van der Waals surface area contributed by atoms with Gasteiger partial charge < -0.3 is 0 Å². The Balaban J connectivity index is 2.01. The van der Waals surface area contributed by atoms with E-state index in [1.165, 1.54) is 43.4 Å². The summed E-state index contributed by atoms with van der Waals surface area (Å²) in [6, 6.07) is 4.14. The van der Waals surface area contributed by atoms with Gasteiger partial charge in [-0.1, -0.05) is 58.8 Å². The van der Waals surface area contributed by atoms with Crippen molar-refractivity contribution in [2.24, 2.45) is 5.10 Å². The molecule has 0 bridgehead atoms. The number of amides is 1. The number of thiophene rings is 1. The van der Waals surface area contributed by atoms with Gasteiger partial charge in [0.15, 0.2) is 0 Å². The van der Waals surface area contributed by atoms with Crippen molar-refractivity contribution in [3.8, 4) is 0 Å². The molecule has 1 rings (SSSR count). The summed E-state index contributed by atoms with van der Waals surface area (Å²) in [6.45, 7) is 4.38. The van der Waals surface area contributed by atoms with E-state index >= 15 is 0 Å². The van der Waals surface area contributed by atoms with Gasteiger partial charge in [0.05, 0.1) is 6.21 Å². The number of carbonyl (C=O) groups is 1. The summed E-state index contributed by atoms with van der Waals surface area (Å²) in [5.74, 6) is 0.0227. The number of hydrogen-bond donors (Lipinski definition) is 1. The molecule has 1 heterocycles. The highest BCUT2D eigenvalue weighted by Crippen LogP contribution is 2.14. The fraction of sp³-hybridized carbons (Fsp3) is 0.667. The fourth-order valence-corrected chi connectivity index (χ4v) is 3.12. The molecule has 0 aliphatic rings. The molecule has 4 heteroatoms. The lowest BCUT2D eigenvalue weighted by Gasteiger charge is -2.01. The van der Waals surface area contributed by atoms with E-state index in [9.17, 15) is 4.79 Å². The Morgan fingerprint density at radius 1 is 1.09 bits per heavy atom. The molecule has 0 unspecified atom stereocenters. The normalized spacial score (nSPS) is 11.2. The van der Waals surface area contributed by atoms with E-state index in [-0.39, 0.29) is 5.91 Å². The van der Waals surface area contributed by atoms with Crippen molar-refractivity contribution in [3.05, 3.63) is 21.9 Å². The van der Waals surface area contributed by atoms with Gasteiger partial charge in [0, 0.05) is 16.2 Å². The first-order chi connectivity index (χ1) is 10.8. The predicted octanol–water partition coefficient (Wildman–Crippen LogP) is 5.29. The predicted molar refractivity (Wildman–Crippen MR) is 96.7 cm³/mol. The third-order valence-electron chi connectivity index (χ3n) is 3.67. The maximum Gasteiger partial charge on any atom is 0.240 e. The SMILES string of the molecule is CCCCCCCCCCC(=O)NN=Cc1ccc(CC)s1. The molecule has 1 aromatic rings. The van der Waals surface area contributed by atoms with Gasteiger partial charge in [0.2, 0.25) is 5.91 Å². The third kappa shape index (κ3) is 8.98. The molecule has 0 atom stereocenters. The van der Waals surface area contributed by atoms with Gasteiger partial charge in [-0.05, 0) is 25.0 Å². The van der Waals surface area contributed by atoms with Gasteiger partial charge in [-0.3, -0.25) is 4.79 Å². The second-order valence-corrected chi connectivity index (χ2v) is 6.88. The van der Waals surface area contributed by atoms with Crippen LogP contribution in [0.3, 0.4) is 0 Å². The van der Waals surface area contributed by atoms with Crippen molar-refractivity contribution in [2.45, 2.75) is 78.1 Å². The van der Waals surface area contributed by atoms with E-state index in [0.29, 0.717) is 6.42 Å². The Bertz CT molecular complexity index is 440. The van der Waals surface area contributed by atoms with Crippen LogP contribution >= 0.6 is 11.3 Å². The minimum atomic E-state index is 0.0227. The summed E-state index contributed by atoms with van der Waals surface area (Å²) in [4.78, 5) is 14.1. The van der Waals surface area contributed by atoms with Crippen LogP contribution in [0.5, 0.6) is 0 Å². The molecule has 3 nitrogen and oxygen atoms in total. The number of hydrazone groups is 1. The van der Waals surface area contributed by atoms with Gasteiger partial charge in [-0.25, -0.2) is 5.43 Å². The second kappa shape index (κ2) is 12.4. The number of rotatable bonds is 12. The number of nitrogens with zero attached hydrogens (tertiary/aromatic N) is 1. The Morgan fingerprint density at radius 2 is 1.77 bits per heavy atom. The van der Waals surface area contributed by atoms with Crippen LogP contribution in [0.1, 0.15) is 81.4 Å². The van der Waals surface area contributed by atoms with E-state index in [4.69, 9.17) is 0 Å². The average molecular weight is 323 g/mol. The van der Waals surface area contributed by atoms with E-state index in [0.717, 1.165) is 24.1 Å². The number of nitrogens with one attached hydrogen (secondary N) is 1. The van der Waals surface area contributed by atoms with E-state index in [1.54, 1.807) is 17.6 Å². The molecule has 124 valence electrons. The van der Waals surface area contributed by atoms with Crippen LogP contribution in [0.25, 0.3) is 0 Å². The van der Waals surface area contributed by atoms with Gasteiger partial charge in [0.1, 0.15) is 0 Å². The Morgan fingerprint density at radius 3 is 2.41 bits per heavy atom. The number of aryl methyl sites for hydroxylation is 1. The Labute approximate surface area is 139 Å². The lowest BCUT2D eigenvalue weighted by atomic mass is 10.1. The smallest absolute Gasteiger partial charge is 0.240 e. The van der Waals surface area contributed by atoms with Crippen LogP contribution in [-0.2, 0) is 11.2 Å². The molecule has 0 saturated carbocycles. The second-order valence-electron chi connectivity index (χ2n) is 5.68. The molecule has 0 spiro atoms. The Hall–Kier alpha value is -1.16. The maximum absolute atomic E-state index is 11.6. The summed E-state index contributed by atoms with van der Waals surface area (Å²) in [5, 5.41) is 4.02. The van der Waals surface area contributed by atoms with E-state index < -0.39 is 0 Å². The van der Waals surface area contributed by atoms with Gasteiger partial charge >= 0.3 is 0 Å². The molecular formula is C18H30N2OS. The van der Waals surface area contributed by atoms with Gasteiger partial charge in [0.25, 0.3) is 0 Å². The minimum Gasteiger partial charge on any atom is -0.273 e. The topological polar surface area (TPSA) is 41.5 Å². The quantitative estimate of drug-likeness (QED) is 0.317. The van der Waals surface area contributed by atoms with E-state index in [1.807, 2.05) is 6.07 Å². The van der Waals surface area contributed by atoms with Gasteiger partial charge in [-0.2, -0.15) is 5.10 Å². The summed E-state index contributed by atoms with van der Waals surface area (Å²) < 4.78 is 0. The number of hydrogen-bond acceptors (Lipinski definition) is 3. The molecule has 0 fully saturated rings. The van der Waals surface area contributed by atoms with Crippen molar-refractivity contribution in [2.75, 3.05) is 0 Å². The summed E-state index contributed by atoms with van der Waals surface area (Å²) in [6.07, 6.45) is 13.4. The van der Waals surface area contributed by atoms with Crippen LogP contribution in [0.4, 0.5) is 0 Å². The van der Waals surface area contributed by atoms with Crippen LogP contribution in [0.15, 0.2) is 17.2 Å². The van der Waals surface area contributed by atoms with Crippen molar-refractivity contribution >= 4 is 23.5 Å². The monoisotopic (exact) mass is 322 g/mol. The molecular weight excluding hydrogens is 292 g/mol. The molecule has 1 aromatic heterocycles. The lowest BCUT2D eigenvalue weighted by Crippen LogP contribution is -2.16. The van der Waals surface area contributed by atoms with Crippen LogP contribution in [0.2, 0.25) is 0 Å². The molecule has 0 saturated heterocycles. The molecule has 22 heavy (non-hydrogen) atoms. The zero-order valence-corrected chi connectivity index (χ0v) is 14.9. The summed E-state index contributed by atoms with van der Waals surface area (Å²) in [5.41, 5.74) is 2.61. The first kappa shape index (κ1) is 18.9. The summed E-state index contributed by atoms with van der Waals surface area (Å²) >= 11 is 1.72. The molecule has 1 N–H and O–H groups in total. The zero-order chi connectivity index (χ0) is 16.0. The highest BCUT2D eigenvalue weighted by Gasteiger charge is 2.00. The molecule has 1 amide bonds. The molecule has 0 aromatic carbocycles. The number of carbonyl (C=O) groups excluding carboxylic acids is 1. The maximum atomic E-state index is 11.6. The van der Waals surface area contributed by atoms with Crippen molar-refractivity contribution < 1.29 is 4.79 Å². The van der Waals surface area contributed by atoms with Gasteiger partial charge in [-0.15, -0.1) is 11.3 Å². The Kier molecular flexibility index (Phi) is 10.6. The standard InChI is InChI=1S/C18H30N2OS/c1-3-5-6-7-8-9-10-11-12-18(21)20-19-15-17-14-13-16(4-2)22-17/h13-15H,3-12H2,1-2H3,(H,20,21). The molecule has 0 radical (unpaired) electrons. The first-order valence-electron chi connectivity index (χ1n) is 8.66. The van der Waals surface area contributed by atoms with E-state index in [2.05, 4.69) is 30.4 Å². The fourth-order valence-electron chi connectivity index (χ4n) is 2.30. The lowest BCUT2D eigenvalue weighted by molar-refractivity contribution is -0.121. The van der Waals surface area contributed by atoms with Crippen molar-refractivity contribution in [1.29, 1.82) is 0 Å². The largest absolute Gasteiger partial charge is 0.273 e. The molecule has 0 aliphatic carbocycles. The van der Waals surface area contributed by atoms with Crippen molar-refractivity contribution in [3.63, 3.8) is 0 Å². The summed E-state index contributed by atoms with van der Waals surface area (Å²) in [7, 11) is 0. The first-order valence-corrected chi connectivity index (χ1v) is 9.48. The van der Waals surface area contributed by atoms with Crippen molar-refractivity contribution in [1.82, 2.24) is 5.43 Å². The minimum absolute atomic E-state index is 0.0227. The highest BCUT2D eigenvalue weighted by molar-refractivity contribution is 7.13.